The number of hydrogen-bond acceptors (Lipinski definition) is 3. The molecule has 1 aromatic rings. The topological polar surface area (TPSA) is 41.6 Å². The van der Waals surface area contributed by atoms with Gasteiger partial charge >= 0.3 is 0 Å². The van der Waals surface area contributed by atoms with Crippen molar-refractivity contribution >= 4 is 5.84 Å². The molecule has 1 aromatic carbocycles. The predicted octanol–water partition coefficient (Wildman–Crippen LogP) is 2.15. The summed E-state index contributed by atoms with van der Waals surface area (Å²) >= 11 is 0. The Morgan fingerprint density at radius 1 is 1.21 bits per heavy atom. The third kappa shape index (κ3) is 2.16. The van der Waals surface area contributed by atoms with E-state index in [1.165, 1.54) is 36.8 Å². The second-order valence-corrected chi connectivity index (χ2v) is 5.90. The van der Waals surface area contributed by atoms with Crippen LogP contribution >= 0.6 is 0 Å². The molecule has 0 unspecified atom stereocenters. The maximum atomic E-state index is 6.05. The predicted molar refractivity (Wildman–Crippen MR) is 79.7 cm³/mol. The third-order valence-corrected chi connectivity index (χ3v) is 4.77. The van der Waals surface area contributed by atoms with Crippen molar-refractivity contribution < 1.29 is 0 Å². The van der Waals surface area contributed by atoms with Gasteiger partial charge in [-0.15, -0.1) is 0 Å². The van der Waals surface area contributed by atoms with Crippen LogP contribution < -0.4 is 5.73 Å². The van der Waals surface area contributed by atoms with E-state index >= 15 is 0 Å². The van der Waals surface area contributed by atoms with E-state index in [0.717, 1.165) is 25.5 Å². The molecule has 1 heterocycles. The molecule has 102 valence electrons. The fourth-order valence-corrected chi connectivity index (χ4v) is 3.48. The van der Waals surface area contributed by atoms with Gasteiger partial charge in [0.05, 0.1) is 6.54 Å². The molecule has 3 nitrogen and oxygen atoms in total. The lowest BCUT2D eigenvalue weighted by Gasteiger charge is -2.28. The molecule has 1 fully saturated rings. The van der Waals surface area contributed by atoms with Crippen LogP contribution in [-0.2, 0) is 5.41 Å². The van der Waals surface area contributed by atoms with Crippen molar-refractivity contribution in [2.45, 2.75) is 31.1 Å². The van der Waals surface area contributed by atoms with Crippen LogP contribution in [0.1, 0.15) is 36.8 Å². The smallest absolute Gasteiger partial charge is 0.130 e. The molecule has 0 spiro atoms. The molecule has 0 saturated heterocycles. The third-order valence-electron chi connectivity index (χ3n) is 4.77. The zero-order valence-electron chi connectivity index (χ0n) is 11.7. The van der Waals surface area contributed by atoms with Crippen molar-refractivity contribution in [2.75, 3.05) is 26.7 Å². The average molecular weight is 257 g/mol. The van der Waals surface area contributed by atoms with E-state index in [1.54, 1.807) is 0 Å². The normalized spacial score (nSPS) is 21.8. The van der Waals surface area contributed by atoms with Crippen LogP contribution in [0.25, 0.3) is 0 Å². The van der Waals surface area contributed by atoms with E-state index in [2.05, 4.69) is 41.2 Å². The SMILES string of the molecule is CN1CCN=C1c1ccc(C2(CN)CCCC2)cc1. The summed E-state index contributed by atoms with van der Waals surface area (Å²) in [7, 11) is 2.11. The van der Waals surface area contributed by atoms with Crippen molar-refractivity contribution in [3.05, 3.63) is 35.4 Å². The van der Waals surface area contributed by atoms with Crippen LogP contribution in [0.5, 0.6) is 0 Å². The second-order valence-electron chi connectivity index (χ2n) is 5.90. The molecule has 2 aliphatic rings. The Morgan fingerprint density at radius 3 is 2.42 bits per heavy atom. The van der Waals surface area contributed by atoms with Gasteiger partial charge in [0.2, 0.25) is 0 Å². The molecule has 1 aliphatic carbocycles. The molecule has 0 atom stereocenters. The highest BCUT2D eigenvalue weighted by atomic mass is 15.2. The lowest BCUT2D eigenvalue weighted by Crippen LogP contribution is -2.32. The van der Waals surface area contributed by atoms with Crippen LogP contribution in [0.2, 0.25) is 0 Å². The molecular formula is C16H23N3. The van der Waals surface area contributed by atoms with Gasteiger partial charge in [0, 0.05) is 31.1 Å². The first kappa shape index (κ1) is 12.7. The van der Waals surface area contributed by atoms with Gasteiger partial charge < -0.3 is 10.6 Å². The number of hydrogen-bond donors (Lipinski definition) is 1. The molecule has 19 heavy (non-hydrogen) atoms. The molecule has 0 aromatic heterocycles. The van der Waals surface area contributed by atoms with Gasteiger partial charge in [0.25, 0.3) is 0 Å². The Bertz CT molecular complexity index is 469. The summed E-state index contributed by atoms with van der Waals surface area (Å²) in [4.78, 5) is 6.79. The van der Waals surface area contributed by atoms with Crippen LogP contribution in [0, 0.1) is 0 Å². The first-order valence-corrected chi connectivity index (χ1v) is 7.32. The number of benzene rings is 1. The van der Waals surface area contributed by atoms with Crippen molar-refractivity contribution in [1.29, 1.82) is 0 Å². The van der Waals surface area contributed by atoms with Gasteiger partial charge in [0.15, 0.2) is 0 Å². The lowest BCUT2D eigenvalue weighted by molar-refractivity contribution is 0.453. The van der Waals surface area contributed by atoms with E-state index in [-0.39, 0.29) is 5.41 Å². The monoisotopic (exact) mass is 257 g/mol. The highest BCUT2D eigenvalue weighted by Gasteiger charge is 2.34. The number of rotatable bonds is 3. The summed E-state index contributed by atoms with van der Waals surface area (Å²) in [6, 6.07) is 8.96. The van der Waals surface area contributed by atoms with Gasteiger partial charge in [-0.1, -0.05) is 37.1 Å². The number of likely N-dealkylation sites (N-methyl/N-ethyl adjacent to an activating group) is 1. The Hall–Kier alpha value is -1.35. The lowest BCUT2D eigenvalue weighted by atomic mass is 9.79. The van der Waals surface area contributed by atoms with Crippen molar-refractivity contribution in [3.63, 3.8) is 0 Å². The van der Waals surface area contributed by atoms with Crippen molar-refractivity contribution in [1.82, 2.24) is 4.90 Å². The van der Waals surface area contributed by atoms with Crippen molar-refractivity contribution in [3.8, 4) is 0 Å². The molecule has 1 saturated carbocycles. The van der Waals surface area contributed by atoms with Gasteiger partial charge in [0.1, 0.15) is 5.84 Å². The Balaban J connectivity index is 1.86. The molecular weight excluding hydrogens is 234 g/mol. The maximum absolute atomic E-state index is 6.05. The molecule has 3 heteroatoms. The number of aliphatic imine (C=N–C) groups is 1. The zero-order chi connectivity index (χ0) is 13.3. The molecule has 1 aliphatic heterocycles. The van der Waals surface area contributed by atoms with E-state index in [9.17, 15) is 0 Å². The quantitative estimate of drug-likeness (QED) is 0.901. The van der Waals surface area contributed by atoms with E-state index in [0.29, 0.717) is 0 Å². The standard InChI is InChI=1S/C16H23N3/c1-19-11-10-18-15(19)13-4-6-14(7-5-13)16(12-17)8-2-3-9-16/h4-7H,2-3,8-12,17H2,1H3. The summed E-state index contributed by atoms with van der Waals surface area (Å²) in [5, 5.41) is 0. The fourth-order valence-electron chi connectivity index (χ4n) is 3.48. The minimum absolute atomic E-state index is 0.238. The number of nitrogens with zero attached hydrogens (tertiary/aromatic N) is 2. The van der Waals surface area contributed by atoms with E-state index in [4.69, 9.17) is 5.73 Å². The van der Waals surface area contributed by atoms with Crippen LogP contribution in [0.3, 0.4) is 0 Å². The highest BCUT2D eigenvalue weighted by Crippen LogP contribution is 2.40. The minimum atomic E-state index is 0.238. The molecule has 0 bridgehead atoms. The van der Waals surface area contributed by atoms with Gasteiger partial charge in [-0.2, -0.15) is 0 Å². The zero-order valence-corrected chi connectivity index (χ0v) is 11.7. The summed E-state index contributed by atoms with van der Waals surface area (Å²) in [5.74, 6) is 1.12. The Morgan fingerprint density at radius 2 is 1.89 bits per heavy atom. The second kappa shape index (κ2) is 4.97. The van der Waals surface area contributed by atoms with Crippen LogP contribution in [0.4, 0.5) is 0 Å². The highest BCUT2D eigenvalue weighted by molar-refractivity contribution is 5.99. The minimum Gasteiger partial charge on any atom is -0.358 e. The molecule has 3 rings (SSSR count). The summed E-state index contributed by atoms with van der Waals surface area (Å²) in [6.07, 6.45) is 5.11. The maximum Gasteiger partial charge on any atom is 0.130 e. The Labute approximate surface area is 115 Å². The van der Waals surface area contributed by atoms with E-state index < -0.39 is 0 Å². The molecule has 0 radical (unpaired) electrons. The number of nitrogens with two attached hydrogens (primary N) is 1. The molecule has 2 N–H and O–H groups in total. The molecule has 0 amide bonds. The van der Waals surface area contributed by atoms with Gasteiger partial charge in [-0.3, -0.25) is 4.99 Å². The van der Waals surface area contributed by atoms with E-state index in [1.807, 2.05) is 0 Å². The summed E-state index contributed by atoms with van der Waals surface area (Å²) < 4.78 is 0. The largest absolute Gasteiger partial charge is 0.358 e. The van der Waals surface area contributed by atoms with Crippen molar-refractivity contribution in [2.24, 2.45) is 10.7 Å². The average Bonchev–Trinajstić information content (AvgIpc) is 3.08. The first-order valence-electron chi connectivity index (χ1n) is 7.32. The van der Waals surface area contributed by atoms with Gasteiger partial charge in [-0.25, -0.2) is 0 Å². The van der Waals surface area contributed by atoms with Gasteiger partial charge in [-0.05, 0) is 18.4 Å². The number of amidine groups is 1. The fraction of sp³-hybridized carbons (Fsp3) is 0.562. The van der Waals surface area contributed by atoms with Crippen LogP contribution in [-0.4, -0.2) is 37.4 Å². The Kier molecular flexibility index (Phi) is 3.31. The summed E-state index contributed by atoms with van der Waals surface area (Å²) in [5.41, 5.74) is 8.93. The summed E-state index contributed by atoms with van der Waals surface area (Å²) in [6.45, 7) is 2.72. The first-order chi connectivity index (χ1) is 9.25. The van der Waals surface area contributed by atoms with Crippen LogP contribution in [0.15, 0.2) is 29.3 Å².